The van der Waals surface area contributed by atoms with Crippen molar-refractivity contribution in [2.75, 3.05) is 12.8 Å². The molecule has 0 radical (unpaired) electrons. The van der Waals surface area contributed by atoms with E-state index >= 15 is 0 Å². The summed E-state index contributed by atoms with van der Waals surface area (Å²) < 4.78 is 49.4. The largest absolute Gasteiger partial charge is 0.311 e. The van der Waals surface area contributed by atoms with Gasteiger partial charge in [-0.3, -0.25) is 4.21 Å². The average Bonchev–Trinajstić information content (AvgIpc) is 2.25. The summed E-state index contributed by atoms with van der Waals surface area (Å²) >= 11 is 0. The summed E-state index contributed by atoms with van der Waals surface area (Å²) in [6, 6.07) is 1.89. The van der Waals surface area contributed by atoms with E-state index in [4.69, 9.17) is 0 Å². The second-order valence-electron chi connectivity index (χ2n) is 3.81. The highest BCUT2D eigenvalue weighted by molar-refractivity contribution is 7.84. The van der Waals surface area contributed by atoms with Crippen molar-refractivity contribution in [1.29, 1.82) is 0 Å². The van der Waals surface area contributed by atoms with Crippen molar-refractivity contribution < 1.29 is 17.4 Å². The van der Waals surface area contributed by atoms with Crippen molar-refractivity contribution in [3.63, 3.8) is 0 Å². The molecule has 1 aromatic carbocycles. The molecular formula is C11H14F3NOS. The Bertz CT molecular complexity index is 402. The molecule has 6 heteroatoms. The van der Waals surface area contributed by atoms with Crippen LogP contribution in [0.15, 0.2) is 12.1 Å². The Balaban J connectivity index is 2.56. The maximum Gasteiger partial charge on any atom is 0.194 e. The van der Waals surface area contributed by atoms with Gasteiger partial charge in [0, 0.05) is 35.4 Å². The number of nitrogens with one attached hydrogen (secondary N) is 1. The lowest BCUT2D eigenvalue weighted by atomic mass is 10.2. The molecule has 17 heavy (non-hydrogen) atoms. The Labute approximate surface area is 101 Å². The zero-order valence-electron chi connectivity index (χ0n) is 9.60. The third kappa shape index (κ3) is 4.12. The van der Waals surface area contributed by atoms with Crippen LogP contribution in [-0.2, 0) is 17.3 Å². The lowest BCUT2D eigenvalue weighted by molar-refractivity contribution is 0.444. The van der Waals surface area contributed by atoms with E-state index in [9.17, 15) is 17.4 Å². The molecule has 0 saturated heterocycles. The van der Waals surface area contributed by atoms with Crippen molar-refractivity contribution in [1.82, 2.24) is 5.32 Å². The monoisotopic (exact) mass is 265 g/mol. The van der Waals surface area contributed by atoms with Gasteiger partial charge in [0.1, 0.15) is 0 Å². The van der Waals surface area contributed by atoms with Crippen molar-refractivity contribution in [2.24, 2.45) is 0 Å². The van der Waals surface area contributed by atoms with Crippen molar-refractivity contribution >= 4 is 10.8 Å². The number of benzene rings is 1. The van der Waals surface area contributed by atoms with E-state index in [-0.39, 0.29) is 11.8 Å². The van der Waals surface area contributed by atoms with E-state index in [1.807, 2.05) is 0 Å². The van der Waals surface area contributed by atoms with Crippen LogP contribution in [0.3, 0.4) is 0 Å². The van der Waals surface area contributed by atoms with Gasteiger partial charge < -0.3 is 5.32 Å². The van der Waals surface area contributed by atoms with Gasteiger partial charge in [-0.05, 0) is 24.6 Å². The maximum absolute atomic E-state index is 12.9. The predicted molar refractivity (Wildman–Crippen MR) is 61.6 cm³/mol. The highest BCUT2D eigenvalue weighted by atomic mass is 32.2. The normalized spacial score (nSPS) is 14.6. The summed E-state index contributed by atoms with van der Waals surface area (Å²) in [5.74, 6) is -3.86. The first kappa shape index (κ1) is 14.2. The molecule has 1 rings (SSSR count). The van der Waals surface area contributed by atoms with Gasteiger partial charge in [-0.1, -0.05) is 0 Å². The van der Waals surface area contributed by atoms with Gasteiger partial charge in [0.15, 0.2) is 17.5 Å². The van der Waals surface area contributed by atoms with E-state index in [0.29, 0.717) is 12.1 Å². The summed E-state index contributed by atoms with van der Waals surface area (Å²) in [5.41, 5.74) is 0.315. The van der Waals surface area contributed by atoms with Crippen LogP contribution in [0.25, 0.3) is 0 Å². The molecule has 0 aliphatic heterocycles. The van der Waals surface area contributed by atoms with Crippen LogP contribution in [0.2, 0.25) is 0 Å². The Hall–Kier alpha value is -0.880. The minimum absolute atomic E-state index is 0.0508. The van der Waals surface area contributed by atoms with Crippen molar-refractivity contribution in [3.8, 4) is 0 Å². The van der Waals surface area contributed by atoms with Crippen LogP contribution >= 0.6 is 0 Å². The van der Waals surface area contributed by atoms with Gasteiger partial charge in [0.25, 0.3) is 0 Å². The maximum atomic E-state index is 12.9. The fourth-order valence-electron chi connectivity index (χ4n) is 1.25. The molecule has 0 saturated carbocycles. The average molecular weight is 265 g/mol. The summed E-state index contributed by atoms with van der Waals surface area (Å²) in [4.78, 5) is 0. The SMILES string of the molecule is CC(CNCc1cc(F)c(F)c(F)c1)S(C)=O. The van der Waals surface area contributed by atoms with Gasteiger partial charge in [-0.15, -0.1) is 0 Å². The number of halogens is 3. The zero-order chi connectivity index (χ0) is 13.0. The van der Waals surface area contributed by atoms with Gasteiger partial charge >= 0.3 is 0 Å². The molecule has 0 amide bonds. The van der Waals surface area contributed by atoms with Gasteiger partial charge in [0.2, 0.25) is 0 Å². The summed E-state index contributed by atoms with van der Waals surface area (Å²) in [6.07, 6.45) is 1.59. The minimum Gasteiger partial charge on any atom is -0.311 e. The quantitative estimate of drug-likeness (QED) is 0.825. The lowest BCUT2D eigenvalue weighted by Gasteiger charge is -2.10. The molecule has 0 aliphatic rings. The molecule has 96 valence electrons. The predicted octanol–water partition coefficient (Wildman–Crippen LogP) is 1.96. The third-order valence-electron chi connectivity index (χ3n) is 2.37. The Morgan fingerprint density at radius 2 is 1.82 bits per heavy atom. The Morgan fingerprint density at radius 1 is 1.29 bits per heavy atom. The summed E-state index contributed by atoms with van der Waals surface area (Å²) in [5, 5.41) is 2.86. The third-order valence-corrected chi connectivity index (χ3v) is 3.67. The molecule has 0 spiro atoms. The second kappa shape index (κ2) is 6.16. The van der Waals surface area contributed by atoms with Crippen molar-refractivity contribution in [2.45, 2.75) is 18.7 Å². The summed E-state index contributed by atoms with van der Waals surface area (Å²) in [6.45, 7) is 2.47. The highest BCUT2D eigenvalue weighted by Gasteiger charge is 2.11. The standard InChI is InChI=1S/C11H14F3NOS/c1-7(17(2)16)5-15-6-8-3-9(12)11(14)10(13)4-8/h3-4,7,15H,5-6H2,1-2H3. The van der Waals surface area contributed by atoms with Crippen molar-refractivity contribution in [3.05, 3.63) is 35.1 Å². The zero-order valence-corrected chi connectivity index (χ0v) is 10.4. The molecule has 2 atom stereocenters. The fourth-order valence-corrected chi connectivity index (χ4v) is 1.60. The molecule has 0 bridgehead atoms. The van der Waals surface area contributed by atoms with E-state index in [1.54, 1.807) is 13.2 Å². The lowest BCUT2D eigenvalue weighted by Crippen LogP contribution is -2.27. The van der Waals surface area contributed by atoms with E-state index in [0.717, 1.165) is 12.1 Å². The smallest absolute Gasteiger partial charge is 0.194 e. The summed E-state index contributed by atoms with van der Waals surface area (Å²) in [7, 11) is -0.951. The molecule has 2 nitrogen and oxygen atoms in total. The molecular weight excluding hydrogens is 251 g/mol. The molecule has 0 heterocycles. The first-order valence-electron chi connectivity index (χ1n) is 5.08. The van der Waals surface area contributed by atoms with Crippen LogP contribution in [0.1, 0.15) is 12.5 Å². The highest BCUT2D eigenvalue weighted by Crippen LogP contribution is 2.13. The molecule has 0 aromatic heterocycles. The van der Waals surface area contributed by atoms with E-state index in [2.05, 4.69) is 5.32 Å². The van der Waals surface area contributed by atoms with E-state index < -0.39 is 28.3 Å². The first-order valence-corrected chi connectivity index (χ1v) is 6.70. The molecule has 2 unspecified atom stereocenters. The van der Waals surface area contributed by atoms with Crippen LogP contribution in [-0.4, -0.2) is 22.3 Å². The number of rotatable bonds is 5. The van der Waals surface area contributed by atoms with Gasteiger partial charge in [-0.2, -0.15) is 0 Å². The van der Waals surface area contributed by atoms with Crippen LogP contribution in [0.5, 0.6) is 0 Å². The molecule has 1 N–H and O–H groups in total. The first-order chi connectivity index (χ1) is 7.91. The fraction of sp³-hybridized carbons (Fsp3) is 0.455. The van der Waals surface area contributed by atoms with E-state index in [1.165, 1.54) is 0 Å². The minimum atomic E-state index is -1.46. The second-order valence-corrected chi connectivity index (χ2v) is 5.62. The Morgan fingerprint density at radius 3 is 2.29 bits per heavy atom. The molecule has 0 fully saturated rings. The van der Waals surface area contributed by atoms with Crippen LogP contribution < -0.4 is 5.32 Å². The van der Waals surface area contributed by atoms with Crippen LogP contribution in [0.4, 0.5) is 13.2 Å². The van der Waals surface area contributed by atoms with Gasteiger partial charge in [0.05, 0.1) is 0 Å². The Kier molecular flexibility index (Phi) is 5.14. The van der Waals surface area contributed by atoms with Gasteiger partial charge in [-0.25, -0.2) is 13.2 Å². The number of hydrogen-bond acceptors (Lipinski definition) is 2. The molecule has 1 aromatic rings. The topological polar surface area (TPSA) is 29.1 Å². The molecule has 0 aliphatic carbocycles. The van der Waals surface area contributed by atoms with Crippen LogP contribution in [0, 0.1) is 17.5 Å². The number of hydrogen-bond donors (Lipinski definition) is 1.